The van der Waals surface area contributed by atoms with Gasteiger partial charge >= 0.3 is 0 Å². The summed E-state index contributed by atoms with van der Waals surface area (Å²) in [6.45, 7) is 3.41. The third-order valence-corrected chi connectivity index (χ3v) is 4.38. The number of morpholine rings is 1. The van der Waals surface area contributed by atoms with E-state index < -0.39 is 0 Å². The number of hydrogen-bond acceptors (Lipinski definition) is 6. The normalized spacial score (nSPS) is 18.4. The van der Waals surface area contributed by atoms with E-state index in [9.17, 15) is 0 Å². The Hall–Kier alpha value is -2.57. The molecular weight excluding hydrogens is 314 g/mol. The van der Waals surface area contributed by atoms with Crippen molar-refractivity contribution in [1.82, 2.24) is 19.9 Å². The molecular formula is C19H21N5O. The van der Waals surface area contributed by atoms with Gasteiger partial charge in [0, 0.05) is 43.0 Å². The van der Waals surface area contributed by atoms with Crippen LogP contribution in [0.1, 0.15) is 0 Å². The lowest BCUT2D eigenvalue weighted by Crippen LogP contribution is -2.43. The van der Waals surface area contributed by atoms with E-state index in [2.05, 4.69) is 22.2 Å². The Morgan fingerprint density at radius 2 is 2.00 bits per heavy atom. The largest absolute Gasteiger partial charge is 0.374 e. The maximum absolute atomic E-state index is 5.84. The highest BCUT2D eigenvalue weighted by Gasteiger charge is 2.18. The highest BCUT2D eigenvalue weighted by molar-refractivity contribution is 5.90. The maximum Gasteiger partial charge on any atom is 0.162 e. The zero-order valence-corrected chi connectivity index (χ0v) is 14.2. The van der Waals surface area contributed by atoms with Gasteiger partial charge in [-0.25, -0.2) is 9.97 Å². The highest BCUT2D eigenvalue weighted by Crippen LogP contribution is 2.24. The quantitative estimate of drug-likeness (QED) is 0.790. The summed E-state index contributed by atoms with van der Waals surface area (Å²) in [6.07, 6.45) is 3.68. The minimum atomic E-state index is 0.164. The third-order valence-electron chi connectivity index (χ3n) is 4.38. The molecule has 128 valence electrons. The predicted octanol–water partition coefficient (Wildman–Crippen LogP) is 2.43. The Labute approximate surface area is 146 Å². The summed E-state index contributed by atoms with van der Waals surface area (Å²) < 4.78 is 5.84. The van der Waals surface area contributed by atoms with Crippen LogP contribution in [-0.2, 0) is 4.74 Å². The number of ether oxygens (including phenoxy) is 1. The standard InChI is InChI=1S/C19H21N5O/c1-24-10-11-25-15(13-24)12-21-19-16-4-2-3-5-17(16)22-18(23-19)14-6-8-20-9-7-14/h2-9,15H,10-13H2,1H3,(H,21,22,23). The summed E-state index contributed by atoms with van der Waals surface area (Å²) in [5.41, 5.74) is 1.88. The lowest BCUT2D eigenvalue weighted by atomic mass is 10.2. The fraction of sp³-hybridized carbons (Fsp3) is 0.316. The molecule has 4 rings (SSSR count). The van der Waals surface area contributed by atoms with Crippen molar-refractivity contribution in [3.8, 4) is 11.4 Å². The Bertz CT molecular complexity index is 855. The molecule has 3 heterocycles. The van der Waals surface area contributed by atoms with E-state index in [-0.39, 0.29) is 6.10 Å². The Morgan fingerprint density at radius 3 is 2.84 bits per heavy atom. The lowest BCUT2D eigenvalue weighted by Gasteiger charge is -2.30. The van der Waals surface area contributed by atoms with Crippen molar-refractivity contribution in [3.05, 3.63) is 48.8 Å². The molecule has 1 aliphatic rings. The van der Waals surface area contributed by atoms with Crippen LogP contribution in [-0.4, -0.2) is 59.2 Å². The van der Waals surface area contributed by atoms with Crippen LogP contribution >= 0.6 is 0 Å². The molecule has 0 spiro atoms. The summed E-state index contributed by atoms with van der Waals surface area (Å²) in [5.74, 6) is 1.54. The van der Waals surface area contributed by atoms with Crippen molar-refractivity contribution >= 4 is 16.7 Å². The molecule has 1 aromatic carbocycles. The number of pyridine rings is 1. The van der Waals surface area contributed by atoms with Gasteiger partial charge in [-0.15, -0.1) is 0 Å². The molecule has 1 aliphatic heterocycles. The first-order chi connectivity index (χ1) is 12.3. The smallest absolute Gasteiger partial charge is 0.162 e. The van der Waals surface area contributed by atoms with Crippen LogP contribution in [0, 0.1) is 0 Å². The molecule has 1 fully saturated rings. The minimum Gasteiger partial charge on any atom is -0.374 e. The molecule has 6 nitrogen and oxygen atoms in total. The van der Waals surface area contributed by atoms with Crippen molar-refractivity contribution in [2.75, 3.05) is 38.6 Å². The second-order valence-corrected chi connectivity index (χ2v) is 6.28. The molecule has 25 heavy (non-hydrogen) atoms. The maximum atomic E-state index is 5.84. The van der Waals surface area contributed by atoms with Crippen LogP contribution in [0.5, 0.6) is 0 Å². The second kappa shape index (κ2) is 7.13. The SMILES string of the molecule is CN1CCOC(CNc2nc(-c3ccncc3)nc3ccccc23)C1. The number of nitrogens with zero attached hydrogens (tertiary/aromatic N) is 4. The molecule has 0 aliphatic carbocycles. The van der Waals surface area contributed by atoms with Crippen molar-refractivity contribution in [1.29, 1.82) is 0 Å². The van der Waals surface area contributed by atoms with Crippen molar-refractivity contribution < 1.29 is 4.74 Å². The number of rotatable bonds is 4. The molecule has 3 aromatic rings. The van der Waals surface area contributed by atoms with Crippen LogP contribution in [0.2, 0.25) is 0 Å². The van der Waals surface area contributed by atoms with Gasteiger partial charge in [0.25, 0.3) is 0 Å². The number of hydrogen-bond donors (Lipinski definition) is 1. The van der Waals surface area contributed by atoms with Crippen LogP contribution in [0.15, 0.2) is 48.8 Å². The molecule has 1 N–H and O–H groups in total. The summed E-state index contributed by atoms with van der Waals surface area (Å²) in [6, 6.07) is 11.9. The van der Waals surface area contributed by atoms with E-state index in [1.54, 1.807) is 12.4 Å². The molecule has 0 saturated carbocycles. The topological polar surface area (TPSA) is 63.2 Å². The fourth-order valence-electron chi connectivity index (χ4n) is 3.04. The van der Waals surface area contributed by atoms with Crippen molar-refractivity contribution in [2.24, 2.45) is 0 Å². The van der Waals surface area contributed by atoms with Gasteiger partial charge in [0.1, 0.15) is 5.82 Å². The van der Waals surface area contributed by atoms with Gasteiger partial charge in [-0.2, -0.15) is 0 Å². The highest BCUT2D eigenvalue weighted by atomic mass is 16.5. The van der Waals surface area contributed by atoms with E-state index >= 15 is 0 Å². The number of likely N-dealkylation sites (N-methyl/N-ethyl adjacent to an activating group) is 1. The predicted molar refractivity (Wildman–Crippen MR) is 98.5 cm³/mol. The zero-order chi connectivity index (χ0) is 17.1. The molecule has 1 atom stereocenters. The number of aromatic nitrogens is 3. The number of fused-ring (bicyclic) bond motifs is 1. The van der Waals surface area contributed by atoms with Crippen LogP contribution in [0.3, 0.4) is 0 Å². The van der Waals surface area contributed by atoms with E-state index in [4.69, 9.17) is 14.7 Å². The van der Waals surface area contributed by atoms with Gasteiger partial charge in [-0.1, -0.05) is 12.1 Å². The van der Waals surface area contributed by atoms with Crippen molar-refractivity contribution in [3.63, 3.8) is 0 Å². The van der Waals surface area contributed by atoms with E-state index in [0.717, 1.165) is 48.5 Å². The molecule has 0 bridgehead atoms. The van der Waals surface area contributed by atoms with Gasteiger partial charge in [-0.05, 0) is 31.3 Å². The van der Waals surface area contributed by atoms with Crippen LogP contribution < -0.4 is 5.32 Å². The average Bonchev–Trinajstić information content (AvgIpc) is 2.66. The second-order valence-electron chi connectivity index (χ2n) is 6.28. The van der Waals surface area contributed by atoms with Crippen molar-refractivity contribution in [2.45, 2.75) is 6.10 Å². The lowest BCUT2D eigenvalue weighted by molar-refractivity contribution is -0.0117. The molecule has 0 radical (unpaired) electrons. The Kier molecular flexibility index (Phi) is 4.54. The number of para-hydroxylation sites is 1. The van der Waals surface area contributed by atoms with Gasteiger partial charge < -0.3 is 15.0 Å². The first kappa shape index (κ1) is 15.9. The number of nitrogens with one attached hydrogen (secondary N) is 1. The van der Waals surface area contributed by atoms with Gasteiger partial charge in [-0.3, -0.25) is 4.98 Å². The van der Waals surface area contributed by atoms with E-state index in [1.165, 1.54) is 0 Å². The number of benzene rings is 1. The Balaban J connectivity index is 1.64. The molecule has 1 saturated heterocycles. The van der Waals surface area contributed by atoms with E-state index in [0.29, 0.717) is 5.82 Å². The Morgan fingerprint density at radius 1 is 1.16 bits per heavy atom. The summed E-state index contributed by atoms with van der Waals surface area (Å²) in [7, 11) is 2.12. The molecule has 1 unspecified atom stereocenters. The summed E-state index contributed by atoms with van der Waals surface area (Å²) in [4.78, 5) is 15.8. The fourth-order valence-corrected chi connectivity index (χ4v) is 3.04. The van der Waals surface area contributed by atoms with E-state index in [1.807, 2.05) is 36.4 Å². The summed E-state index contributed by atoms with van der Waals surface area (Å²) >= 11 is 0. The van der Waals surface area contributed by atoms with Gasteiger partial charge in [0.05, 0.1) is 18.2 Å². The molecule has 0 amide bonds. The average molecular weight is 335 g/mol. The monoisotopic (exact) mass is 335 g/mol. The summed E-state index contributed by atoms with van der Waals surface area (Å²) in [5, 5.41) is 4.49. The first-order valence-corrected chi connectivity index (χ1v) is 8.51. The minimum absolute atomic E-state index is 0.164. The van der Waals surface area contributed by atoms with Gasteiger partial charge in [0.2, 0.25) is 0 Å². The van der Waals surface area contributed by atoms with Crippen LogP contribution in [0.25, 0.3) is 22.3 Å². The first-order valence-electron chi connectivity index (χ1n) is 8.51. The zero-order valence-electron chi connectivity index (χ0n) is 14.2. The van der Waals surface area contributed by atoms with Crippen LogP contribution in [0.4, 0.5) is 5.82 Å². The third kappa shape index (κ3) is 3.60. The molecule has 6 heteroatoms. The molecule has 2 aromatic heterocycles. The number of anilines is 1. The van der Waals surface area contributed by atoms with Gasteiger partial charge in [0.15, 0.2) is 5.82 Å².